The fraction of sp³-hybridized carbons (Fsp3) is 0.0476. The third-order valence-electron chi connectivity index (χ3n) is 4.22. The fourth-order valence-corrected chi connectivity index (χ4v) is 3.51. The number of hydrogen-bond donors (Lipinski definition) is 2. The lowest BCUT2D eigenvalue weighted by atomic mass is 10.2. The minimum absolute atomic E-state index is 0.234. The van der Waals surface area contributed by atoms with E-state index in [9.17, 15) is 8.42 Å². The van der Waals surface area contributed by atoms with Crippen LogP contribution in [0.15, 0.2) is 84.0 Å². The van der Waals surface area contributed by atoms with Crippen LogP contribution in [0, 0.1) is 0 Å². The van der Waals surface area contributed by atoms with Crippen molar-refractivity contribution in [2.24, 2.45) is 0 Å². The SMILES string of the molecule is CS(=O)(=O)c1ccc2ncnc(Nc3cccc(Nc4ccccc4)c3)c2c1. The molecule has 0 spiro atoms. The molecule has 2 N–H and O–H groups in total. The molecule has 3 aromatic carbocycles. The Morgan fingerprint density at radius 1 is 0.750 bits per heavy atom. The minimum atomic E-state index is -3.32. The summed E-state index contributed by atoms with van der Waals surface area (Å²) in [6, 6.07) is 22.5. The lowest BCUT2D eigenvalue weighted by Crippen LogP contribution is -2.00. The number of sulfone groups is 1. The molecule has 0 aliphatic heterocycles. The number of anilines is 4. The van der Waals surface area contributed by atoms with Crippen LogP contribution in [-0.4, -0.2) is 24.6 Å². The first-order valence-electron chi connectivity index (χ1n) is 8.63. The third kappa shape index (κ3) is 3.94. The molecule has 1 aromatic heterocycles. The van der Waals surface area contributed by atoms with E-state index in [-0.39, 0.29) is 4.90 Å². The van der Waals surface area contributed by atoms with Crippen molar-refractivity contribution in [3.8, 4) is 0 Å². The van der Waals surface area contributed by atoms with Crippen LogP contribution < -0.4 is 10.6 Å². The first-order chi connectivity index (χ1) is 13.5. The largest absolute Gasteiger partial charge is 0.355 e. The van der Waals surface area contributed by atoms with Gasteiger partial charge in [0.15, 0.2) is 9.84 Å². The van der Waals surface area contributed by atoms with Crippen LogP contribution in [0.2, 0.25) is 0 Å². The summed E-state index contributed by atoms with van der Waals surface area (Å²) in [5, 5.41) is 7.26. The molecule has 0 saturated carbocycles. The van der Waals surface area contributed by atoms with E-state index in [4.69, 9.17) is 0 Å². The van der Waals surface area contributed by atoms with Crippen LogP contribution in [0.4, 0.5) is 22.9 Å². The first-order valence-corrected chi connectivity index (χ1v) is 10.5. The Morgan fingerprint density at radius 3 is 2.21 bits per heavy atom. The predicted molar refractivity (Wildman–Crippen MR) is 112 cm³/mol. The molecule has 0 radical (unpaired) electrons. The van der Waals surface area contributed by atoms with Crippen LogP contribution in [-0.2, 0) is 9.84 Å². The number of hydrogen-bond acceptors (Lipinski definition) is 6. The molecule has 0 fully saturated rings. The number of rotatable bonds is 5. The molecule has 0 atom stereocenters. The molecule has 7 heteroatoms. The van der Waals surface area contributed by atoms with Crippen LogP contribution in [0.3, 0.4) is 0 Å². The molecule has 0 aliphatic carbocycles. The zero-order chi connectivity index (χ0) is 19.6. The standard InChI is InChI=1S/C21H18N4O2S/c1-28(26,27)18-10-11-20-19(13-18)21(23-14-22-20)25-17-9-5-8-16(12-17)24-15-6-3-2-4-7-15/h2-14,24H,1H3,(H,22,23,25). The van der Waals surface area contributed by atoms with Crippen molar-refractivity contribution in [1.82, 2.24) is 9.97 Å². The maximum absolute atomic E-state index is 11.9. The van der Waals surface area contributed by atoms with E-state index in [1.165, 1.54) is 12.6 Å². The van der Waals surface area contributed by atoms with E-state index in [1.54, 1.807) is 18.2 Å². The summed E-state index contributed by atoms with van der Waals surface area (Å²) in [5.41, 5.74) is 3.41. The maximum atomic E-state index is 11.9. The van der Waals surface area contributed by atoms with Gasteiger partial charge in [0, 0.05) is 28.7 Å². The molecular formula is C21H18N4O2S. The number of aromatic nitrogens is 2. The summed E-state index contributed by atoms with van der Waals surface area (Å²) in [7, 11) is -3.32. The van der Waals surface area contributed by atoms with Crippen molar-refractivity contribution in [3.63, 3.8) is 0 Å². The van der Waals surface area contributed by atoms with Crippen LogP contribution >= 0.6 is 0 Å². The highest BCUT2D eigenvalue weighted by Gasteiger charge is 2.11. The number of nitrogens with one attached hydrogen (secondary N) is 2. The lowest BCUT2D eigenvalue weighted by molar-refractivity contribution is 0.602. The summed E-state index contributed by atoms with van der Waals surface area (Å²) in [4.78, 5) is 8.76. The highest BCUT2D eigenvalue weighted by atomic mass is 32.2. The molecule has 0 saturated heterocycles. The van der Waals surface area contributed by atoms with E-state index < -0.39 is 9.84 Å². The number of nitrogens with zero attached hydrogens (tertiary/aromatic N) is 2. The maximum Gasteiger partial charge on any atom is 0.175 e. The van der Waals surface area contributed by atoms with Crippen molar-refractivity contribution >= 4 is 43.6 Å². The number of benzene rings is 3. The zero-order valence-corrected chi connectivity index (χ0v) is 15.9. The summed E-state index contributed by atoms with van der Waals surface area (Å²) in [5.74, 6) is 0.548. The third-order valence-corrected chi connectivity index (χ3v) is 5.33. The summed E-state index contributed by atoms with van der Waals surface area (Å²) < 4.78 is 23.8. The Balaban J connectivity index is 1.67. The highest BCUT2D eigenvalue weighted by molar-refractivity contribution is 7.90. The van der Waals surface area contributed by atoms with Crippen molar-refractivity contribution in [1.29, 1.82) is 0 Å². The predicted octanol–water partition coefficient (Wildman–Crippen LogP) is 4.52. The Bertz CT molecular complexity index is 1240. The molecule has 0 aliphatic rings. The van der Waals surface area contributed by atoms with Crippen molar-refractivity contribution < 1.29 is 8.42 Å². The van der Waals surface area contributed by atoms with Gasteiger partial charge in [0.2, 0.25) is 0 Å². The van der Waals surface area contributed by atoms with Crippen molar-refractivity contribution in [3.05, 3.63) is 79.1 Å². The summed E-state index contributed by atoms with van der Waals surface area (Å²) in [6.07, 6.45) is 2.64. The smallest absolute Gasteiger partial charge is 0.175 e. The van der Waals surface area contributed by atoms with E-state index >= 15 is 0 Å². The Hall–Kier alpha value is -3.45. The summed E-state index contributed by atoms with van der Waals surface area (Å²) >= 11 is 0. The Kier molecular flexibility index (Phi) is 4.67. The molecular weight excluding hydrogens is 372 g/mol. The second-order valence-corrected chi connectivity index (χ2v) is 8.39. The first kappa shape index (κ1) is 17.9. The van der Waals surface area contributed by atoms with Gasteiger partial charge in [0.1, 0.15) is 12.1 Å². The lowest BCUT2D eigenvalue weighted by Gasteiger charge is -2.11. The van der Waals surface area contributed by atoms with E-state index in [0.717, 1.165) is 17.1 Å². The Morgan fingerprint density at radius 2 is 1.46 bits per heavy atom. The van der Waals surface area contributed by atoms with E-state index in [1.807, 2.05) is 54.6 Å². The van der Waals surface area contributed by atoms with Crippen LogP contribution in [0.5, 0.6) is 0 Å². The van der Waals surface area contributed by atoms with Gasteiger partial charge in [-0.1, -0.05) is 24.3 Å². The molecule has 4 rings (SSSR count). The molecule has 1 heterocycles. The molecule has 4 aromatic rings. The van der Waals surface area contributed by atoms with Gasteiger partial charge in [0.05, 0.1) is 10.4 Å². The fourth-order valence-electron chi connectivity index (χ4n) is 2.87. The second kappa shape index (κ2) is 7.28. The zero-order valence-electron chi connectivity index (χ0n) is 15.1. The van der Waals surface area contributed by atoms with Gasteiger partial charge >= 0.3 is 0 Å². The number of para-hydroxylation sites is 1. The van der Waals surface area contributed by atoms with Gasteiger partial charge < -0.3 is 10.6 Å². The van der Waals surface area contributed by atoms with Crippen molar-refractivity contribution in [2.45, 2.75) is 4.90 Å². The average molecular weight is 390 g/mol. The molecule has 28 heavy (non-hydrogen) atoms. The average Bonchev–Trinajstić information content (AvgIpc) is 2.68. The van der Waals surface area contributed by atoms with Gasteiger partial charge in [-0.25, -0.2) is 18.4 Å². The molecule has 140 valence electrons. The van der Waals surface area contributed by atoms with E-state index in [0.29, 0.717) is 16.7 Å². The monoisotopic (exact) mass is 390 g/mol. The Labute approximate surface area is 163 Å². The quantitative estimate of drug-likeness (QED) is 0.521. The normalized spacial score (nSPS) is 11.3. The van der Waals surface area contributed by atoms with Crippen LogP contribution in [0.1, 0.15) is 0 Å². The highest BCUT2D eigenvalue weighted by Crippen LogP contribution is 2.27. The number of fused-ring (bicyclic) bond motifs is 1. The topological polar surface area (TPSA) is 84.0 Å². The van der Waals surface area contributed by atoms with Gasteiger partial charge in [-0.3, -0.25) is 0 Å². The summed E-state index contributed by atoms with van der Waals surface area (Å²) in [6.45, 7) is 0. The van der Waals surface area contributed by atoms with Crippen LogP contribution in [0.25, 0.3) is 10.9 Å². The minimum Gasteiger partial charge on any atom is -0.355 e. The second-order valence-electron chi connectivity index (χ2n) is 6.37. The van der Waals surface area contributed by atoms with Gasteiger partial charge in [-0.05, 0) is 48.5 Å². The van der Waals surface area contributed by atoms with Gasteiger partial charge in [0.25, 0.3) is 0 Å². The molecule has 0 bridgehead atoms. The molecule has 0 unspecified atom stereocenters. The van der Waals surface area contributed by atoms with Gasteiger partial charge in [-0.2, -0.15) is 0 Å². The van der Waals surface area contributed by atoms with Gasteiger partial charge in [-0.15, -0.1) is 0 Å². The van der Waals surface area contributed by atoms with E-state index in [2.05, 4.69) is 20.6 Å². The molecule has 0 amide bonds. The molecule has 6 nitrogen and oxygen atoms in total. The van der Waals surface area contributed by atoms with Crippen molar-refractivity contribution in [2.75, 3.05) is 16.9 Å².